The molecular formula is C17H15BrN2O2. The number of hydrogen-bond donors (Lipinski definition) is 1. The highest BCUT2D eigenvalue weighted by molar-refractivity contribution is 9.10. The van der Waals surface area contributed by atoms with Crippen LogP contribution in [0.5, 0.6) is 5.75 Å². The first kappa shape index (κ1) is 16.1. The minimum Gasteiger partial charge on any atom is -0.497 e. The number of nitrogens with zero attached hydrogens (tertiary/aromatic N) is 1. The maximum Gasteiger partial charge on any atom is 0.296 e. The van der Waals surface area contributed by atoms with E-state index in [1.807, 2.05) is 30.3 Å². The SMILES string of the molecule is COc1ccc(Br)c(C#CC(=O)NCCc2ccccn2)c1. The second-order valence-electron chi connectivity index (χ2n) is 4.42. The van der Waals surface area contributed by atoms with Crippen molar-refractivity contribution in [2.75, 3.05) is 13.7 Å². The molecule has 0 saturated carbocycles. The van der Waals surface area contributed by atoms with Gasteiger partial charge in [0, 0.05) is 40.8 Å². The molecule has 0 spiro atoms. The van der Waals surface area contributed by atoms with Crippen molar-refractivity contribution in [1.82, 2.24) is 10.3 Å². The highest BCUT2D eigenvalue weighted by atomic mass is 79.9. The van der Waals surface area contributed by atoms with Gasteiger partial charge >= 0.3 is 0 Å². The van der Waals surface area contributed by atoms with Gasteiger partial charge in [-0.15, -0.1) is 0 Å². The summed E-state index contributed by atoms with van der Waals surface area (Å²) in [7, 11) is 1.59. The maximum atomic E-state index is 11.7. The second-order valence-corrected chi connectivity index (χ2v) is 5.28. The maximum absolute atomic E-state index is 11.7. The molecule has 1 aromatic heterocycles. The average Bonchev–Trinajstić information content (AvgIpc) is 2.55. The molecule has 0 bridgehead atoms. The third-order valence-corrected chi connectivity index (χ3v) is 3.57. The lowest BCUT2D eigenvalue weighted by Crippen LogP contribution is -2.24. The Kier molecular flexibility index (Phi) is 5.99. The van der Waals surface area contributed by atoms with Crippen molar-refractivity contribution in [2.45, 2.75) is 6.42 Å². The molecular weight excluding hydrogens is 344 g/mol. The van der Waals surface area contributed by atoms with Crippen LogP contribution in [-0.2, 0) is 11.2 Å². The van der Waals surface area contributed by atoms with Crippen molar-refractivity contribution in [3.05, 3.63) is 58.3 Å². The lowest BCUT2D eigenvalue weighted by atomic mass is 10.2. The van der Waals surface area contributed by atoms with Gasteiger partial charge in [-0.05, 0) is 46.3 Å². The fourth-order valence-electron chi connectivity index (χ4n) is 1.75. The van der Waals surface area contributed by atoms with Gasteiger partial charge in [-0.1, -0.05) is 12.0 Å². The number of ether oxygens (including phenoxy) is 1. The molecule has 0 atom stereocenters. The Hall–Kier alpha value is -2.32. The van der Waals surface area contributed by atoms with Crippen LogP contribution in [0.15, 0.2) is 47.1 Å². The molecule has 1 heterocycles. The third kappa shape index (κ3) is 4.90. The van der Waals surface area contributed by atoms with Crippen molar-refractivity contribution < 1.29 is 9.53 Å². The molecule has 1 N–H and O–H groups in total. The smallest absolute Gasteiger partial charge is 0.296 e. The van der Waals surface area contributed by atoms with Gasteiger partial charge in [-0.3, -0.25) is 9.78 Å². The molecule has 22 heavy (non-hydrogen) atoms. The molecule has 112 valence electrons. The summed E-state index contributed by atoms with van der Waals surface area (Å²) in [6.07, 6.45) is 2.41. The van der Waals surface area contributed by atoms with Gasteiger partial charge in [-0.2, -0.15) is 0 Å². The molecule has 5 heteroatoms. The molecule has 0 saturated heterocycles. The Labute approximate surface area is 138 Å². The predicted molar refractivity (Wildman–Crippen MR) is 88.5 cm³/mol. The quantitative estimate of drug-likeness (QED) is 0.854. The molecule has 0 radical (unpaired) electrons. The lowest BCUT2D eigenvalue weighted by Gasteiger charge is -2.02. The van der Waals surface area contributed by atoms with E-state index in [1.54, 1.807) is 19.4 Å². The third-order valence-electron chi connectivity index (χ3n) is 2.88. The summed E-state index contributed by atoms with van der Waals surface area (Å²) in [6.45, 7) is 0.504. The van der Waals surface area contributed by atoms with Gasteiger partial charge in [0.2, 0.25) is 0 Å². The summed E-state index contributed by atoms with van der Waals surface area (Å²) < 4.78 is 5.96. The first-order chi connectivity index (χ1) is 10.7. The Balaban J connectivity index is 1.90. The molecule has 1 aromatic carbocycles. The van der Waals surface area contributed by atoms with Crippen LogP contribution in [0.3, 0.4) is 0 Å². The number of aromatic nitrogens is 1. The summed E-state index contributed by atoms with van der Waals surface area (Å²) in [5.41, 5.74) is 1.64. The summed E-state index contributed by atoms with van der Waals surface area (Å²) in [6, 6.07) is 11.1. The lowest BCUT2D eigenvalue weighted by molar-refractivity contribution is -0.115. The van der Waals surface area contributed by atoms with E-state index in [-0.39, 0.29) is 5.91 Å². The molecule has 0 aliphatic heterocycles. The minimum atomic E-state index is -0.314. The Morgan fingerprint density at radius 2 is 2.23 bits per heavy atom. The van der Waals surface area contributed by atoms with Crippen LogP contribution in [0.2, 0.25) is 0 Å². The van der Waals surface area contributed by atoms with Crippen molar-refractivity contribution in [1.29, 1.82) is 0 Å². The number of benzene rings is 1. The van der Waals surface area contributed by atoms with E-state index in [1.165, 1.54) is 0 Å². The topological polar surface area (TPSA) is 51.2 Å². The number of nitrogens with one attached hydrogen (secondary N) is 1. The molecule has 0 fully saturated rings. The number of pyridine rings is 1. The van der Waals surface area contributed by atoms with Crippen molar-refractivity contribution in [3.63, 3.8) is 0 Å². The van der Waals surface area contributed by atoms with Crippen molar-refractivity contribution in [3.8, 4) is 17.6 Å². The largest absolute Gasteiger partial charge is 0.497 e. The zero-order valence-corrected chi connectivity index (χ0v) is 13.7. The van der Waals surface area contributed by atoms with Gasteiger partial charge in [0.15, 0.2) is 0 Å². The van der Waals surface area contributed by atoms with Gasteiger partial charge in [0.05, 0.1) is 7.11 Å². The molecule has 0 aliphatic rings. The highest BCUT2D eigenvalue weighted by Gasteiger charge is 2.00. The van der Waals surface area contributed by atoms with Crippen LogP contribution < -0.4 is 10.1 Å². The van der Waals surface area contributed by atoms with E-state index in [2.05, 4.69) is 38.1 Å². The van der Waals surface area contributed by atoms with E-state index in [9.17, 15) is 4.79 Å². The number of carbonyl (C=O) groups excluding carboxylic acids is 1. The first-order valence-corrected chi connectivity index (χ1v) is 7.51. The first-order valence-electron chi connectivity index (χ1n) is 6.72. The van der Waals surface area contributed by atoms with Crippen molar-refractivity contribution in [2.24, 2.45) is 0 Å². The summed E-state index contributed by atoms with van der Waals surface area (Å²) in [5.74, 6) is 5.79. The van der Waals surface area contributed by atoms with Crippen LogP contribution in [0.1, 0.15) is 11.3 Å². The predicted octanol–water partition coefficient (Wildman–Crippen LogP) is 2.56. The molecule has 4 nitrogen and oxygen atoms in total. The van der Waals surface area contributed by atoms with Gasteiger partial charge in [0.25, 0.3) is 5.91 Å². The number of carbonyl (C=O) groups is 1. The number of rotatable bonds is 4. The van der Waals surface area contributed by atoms with E-state index in [0.717, 1.165) is 10.2 Å². The standard InChI is InChI=1S/C17H15BrN2O2/c1-22-15-6-7-16(18)13(12-15)5-8-17(21)20-11-9-14-4-2-3-10-19-14/h2-4,6-7,10,12H,9,11H2,1H3,(H,20,21). The number of hydrogen-bond acceptors (Lipinski definition) is 3. The molecule has 2 rings (SSSR count). The number of methoxy groups -OCH3 is 1. The second kappa shape index (κ2) is 8.20. The minimum absolute atomic E-state index is 0.314. The van der Waals surface area contributed by atoms with E-state index in [4.69, 9.17) is 4.74 Å². The Morgan fingerprint density at radius 1 is 1.36 bits per heavy atom. The van der Waals surface area contributed by atoms with Crippen LogP contribution in [0.25, 0.3) is 0 Å². The van der Waals surface area contributed by atoms with Crippen LogP contribution in [0, 0.1) is 11.8 Å². The summed E-state index contributed by atoms with van der Waals surface area (Å²) >= 11 is 3.39. The van der Waals surface area contributed by atoms with Crippen LogP contribution in [0.4, 0.5) is 0 Å². The normalized spacial score (nSPS) is 9.55. The van der Waals surface area contributed by atoms with Crippen molar-refractivity contribution >= 4 is 21.8 Å². The van der Waals surface area contributed by atoms with Gasteiger partial charge in [-0.25, -0.2) is 0 Å². The summed E-state index contributed by atoms with van der Waals surface area (Å²) in [4.78, 5) is 15.9. The summed E-state index contributed by atoms with van der Waals surface area (Å²) in [5, 5.41) is 2.75. The fraction of sp³-hybridized carbons (Fsp3) is 0.176. The molecule has 0 unspecified atom stereocenters. The Bertz CT molecular complexity index is 706. The molecule has 0 aliphatic carbocycles. The highest BCUT2D eigenvalue weighted by Crippen LogP contribution is 2.21. The zero-order chi connectivity index (χ0) is 15.8. The van der Waals surface area contributed by atoms with E-state index < -0.39 is 0 Å². The van der Waals surface area contributed by atoms with Gasteiger partial charge < -0.3 is 10.1 Å². The van der Waals surface area contributed by atoms with Gasteiger partial charge in [0.1, 0.15) is 5.75 Å². The molecule has 1 amide bonds. The average molecular weight is 359 g/mol. The molecule has 2 aromatic rings. The Morgan fingerprint density at radius 3 is 2.95 bits per heavy atom. The van der Waals surface area contributed by atoms with E-state index in [0.29, 0.717) is 24.3 Å². The fourth-order valence-corrected chi connectivity index (χ4v) is 2.09. The van der Waals surface area contributed by atoms with Crippen LogP contribution in [-0.4, -0.2) is 24.5 Å². The number of halogens is 1. The van der Waals surface area contributed by atoms with Crippen LogP contribution >= 0.6 is 15.9 Å². The monoisotopic (exact) mass is 358 g/mol. The number of amides is 1. The van der Waals surface area contributed by atoms with E-state index >= 15 is 0 Å². The zero-order valence-electron chi connectivity index (χ0n) is 12.1.